The van der Waals surface area contributed by atoms with Crippen LogP contribution in [0.5, 0.6) is 0 Å². The summed E-state index contributed by atoms with van der Waals surface area (Å²) in [6.45, 7) is 6.15. The highest BCUT2D eigenvalue weighted by Gasteiger charge is 2.45. The van der Waals surface area contributed by atoms with Crippen LogP contribution >= 0.6 is 24.0 Å². The Hall–Kier alpha value is -1.64. The first-order chi connectivity index (χ1) is 12.2. The molecule has 6 nitrogen and oxygen atoms in total. The number of aryl methyl sites for hydroxylation is 1. The number of rotatable bonds is 3. The molecule has 0 saturated heterocycles. The molecule has 0 atom stereocenters. The summed E-state index contributed by atoms with van der Waals surface area (Å²) in [6.07, 6.45) is 5.17. The van der Waals surface area contributed by atoms with Gasteiger partial charge in [0.2, 0.25) is 5.89 Å². The summed E-state index contributed by atoms with van der Waals surface area (Å²) in [5, 5.41) is 7.39. The first-order valence-corrected chi connectivity index (χ1v) is 9.16. The zero-order valence-electron chi connectivity index (χ0n) is 15.4. The van der Waals surface area contributed by atoms with Gasteiger partial charge in [0.15, 0.2) is 11.8 Å². The Kier molecular flexibility index (Phi) is 5.84. The van der Waals surface area contributed by atoms with Crippen LogP contribution in [0, 0.1) is 6.92 Å². The molecule has 0 radical (unpaired) electrons. The molecule has 1 aliphatic heterocycles. The van der Waals surface area contributed by atoms with Gasteiger partial charge in [-0.2, -0.15) is 4.98 Å². The number of aromatic nitrogens is 2. The fourth-order valence-corrected chi connectivity index (χ4v) is 4.24. The van der Waals surface area contributed by atoms with Gasteiger partial charge in [-0.15, -0.1) is 24.0 Å². The van der Waals surface area contributed by atoms with Gasteiger partial charge in [-0.3, -0.25) is 0 Å². The minimum Gasteiger partial charge on any atom is -0.356 e. The summed E-state index contributed by atoms with van der Waals surface area (Å²) in [4.78, 5) is 11.4. The van der Waals surface area contributed by atoms with Crippen molar-refractivity contribution in [3.8, 4) is 0 Å². The second kappa shape index (κ2) is 7.94. The fourth-order valence-electron chi connectivity index (χ4n) is 4.24. The van der Waals surface area contributed by atoms with Crippen molar-refractivity contribution in [2.45, 2.75) is 51.5 Å². The number of benzene rings is 1. The minimum absolute atomic E-state index is 0. The molecule has 4 rings (SSSR count). The smallest absolute Gasteiger partial charge is 0.223 e. The number of para-hydroxylation sites is 1. The highest BCUT2D eigenvalue weighted by atomic mass is 127. The summed E-state index contributed by atoms with van der Waals surface area (Å²) in [6, 6.07) is 8.79. The predicted octanol–water partition coefficient (Wildman–Crippen LogP) is 3.79. The minimum atomic E-state index is 0. The number of anilines is 1. The van der Waals surface area contributed by atoms with Crippen molar-refractivity contribution in [1.82, 2.24) is 15.5 Å². The van der Waals surface area contributed by atoms with Crippen LogP contribution in [0.1, 0.15) is 49.9 Å². The third-order valence-corrected chi connectivity index (χ3v) is 5.32. The molecule has 1 N–H and O–H groups in total. The molecule has 0 amide bonds. The fraction of sp³-hybridized carbons (Fsp3) is 0.526. The van der Waals surface area contributed by atoms with Gasteiger partial charge in [0.25, 0.3) is 0 Å². The molecule has 1 spiro atoms. The van der Waals surface area contributed by atoms with Crippen molar-refractivity contribution in [1.29, 1.82) is 0 Å². The number of nitrogens with zero attached hydrogens (tertiary/aromatic N) is 4. The quantitative estimate of drug-likeness (QED) is 0.423. The average Bonchev–Trinajstić information content (AvgIpc) is 3.33. The third-order valence-electron chi connectivity index (χ3n) is 5.32. The lowest BCUT2D eigenvalue weighted by atomic mass is 9.81. The van der Waals surface area contributed by atoms with Gasteiger partial charge in [-0.25, -0.2) is 4.99 Å². The maximum absolute atomic E-state index is 5.05. The molecule has 2 aromatic rings. The molecule has 2 aliphatic rings. The van der Waals surface area contributed by atoms with Crippen LogP contribution in [-0.2, 0) is 12.0 Å². The van der Waals surface area contributed by atoms with Crippen molar-refractivity contribution in [2.24, 2.45) is 4.99 Å². The predicted molar refractivity (Wildman–Crippen MR) is 113 cm³/mol. The van der Waals surface area contributed by atoms with E-state index in [1.54, 1.807) is 6.92 Å². The van der Waals surface area contributed by atoms with Crippen molar-refractivity contribution in [2.75, 3.05) is 18.0 Å². The SMILES string of the molecule is CCNC(=NCc1noc(C)n1)N1CC2(CCCC2)c2ccccc21.I. The van der Waals surface area contributed by atoms with E-state index in [4.69, 9.17) is 9.52 Å². The van der Waals surface area contributed by atoms with E-state index >= 15 is 0 Å². The van der Waals surface area contributed by atoms with Crippen molar-refractivity contribution in [3.63, 3.8) is 0 Å². The first-order valence-electron chi connectivity index (χ1n) is 9.16. The second-order valence-corrected chi connectivity index (χ2v) is 6.99. The molecule has 0 unspecified atom stereocenters. The van der Waals surface area contributed by atoms with Crippen molar-refractivity contribution in [3.05, 3.63) is 41.5 Å². The van der Waals surface area contributed by atoms with Gasteiger partial charge in [0.1, 0.15) is 6.54 Å². The molecule has 2 heterocycles. The molecule has 1 aromatic carbocycles. The van der Waals surface area contributed by atoms with Gasteiger partial charge in [0, 0.05) is 31.1 Å². The molecule has 140 valence electrons. The Labute approximate surface area is 171 Å². The van der Waals surface area contributed by atoms with Crippen molar-refractivity contribution < 1.29 is 4.52 Å². The van der Waals surface area contributed by atoms with Crippen LogP contribution in [-0.4, -0.2) is 29.2 Å². The molecule has 1 saturated carbocycles. The molecule has 26 heavy (non-hydrogen) atoms. The Morgan fingerprint density at radius 3 is 2.77 bits per heavy atom. The lowest BCUT2D eigenvalue weighted by molar-refractivity contribution is 0.387. The van der Waals surface area contributed by atoms with Gasteiger partial charge in [-0.1, -0.05) is 36.2 Å². The first kappa shape index (κ1) is 19.1. The summed E-state index contributed by atoms with van der Waals surface area (Å²) >= 11 is 0. The highest BCUT2D eigenvalue weighted by molar-refractivity contribution is 14.0. The number of halogens is 1. The van der Waals surface area contributed by atoms with E-state index in [1.807, 2.05) is 0 Å². The Bertz CT molecular complexity index is 782. The van der Waals surface area contributed by atoms with Crippen LogP contribution in [0.2, 0.25) is 0 Å². The van der Waals surface area contributed by atoms with Crippen molar-refractivity contribution >= 4 is 35.6 Å². The average molecular weight is 467 g/mol. The largest absolute Gasteiger partial charge is 0.356 e. The summed E-state index contributed by atoms with van der Waals surface area (Å²) < 4.78 is 5.05. The van der Waals surface area contributed by atoms with E-state index in [1.165, 1.54) is 36.9 Å². The molecule has 1 fully saturated rings. The van der Waals surface area contributed by atoms with E-state index in [-0.39, 0.29) is 29.4 Å². The lowest BCUT2D eigenvalue weighted by Gasteiger charge is -2.26. The van der Waals surface area contributed by atoms with Crippen LogP contribution in [0.25, 0.3) is 0 Å². The van der Waals surface area contributed by atoms with E-state index in [9.17, 15) is 0 Å². The zero-order valence-corrected chi connectivity index (χ0v) is 17.7. The van der Waals surface area contributed by atoms with Gasteiger partial charge in [-0.05, 0) is 31.4 Å². The summed E-state index contributed by atoms with van der Waals surface area (Å²) in [7, 11) is 0. The van der Waals surface area contributed by atoms with E-state index in [2.05, 4.69) is 51.5 Å². The topological polar surface area (TPSA) is 66.5 Å². The molecule has 1 aromatic heterocycles. The van der Waals surface area contributed by atoms with Gasteiger partial charge in [0.05, 0.1) is 0 Å². The molecular formula is C19H26IN5O. The maximum atomic E-state index is 5.05. The van der Waals surface area contributed by atoms with E-state index in [0.717, 1.165) is 19.0 Å². The summed E-state index contributed by atoms with van der Waals surface area (Å²) in [5.41, 5.74) is 3.05. The Morgan fingerprint density at radius 2 is 2.08 bits per heavy atom. The van der Waals surface area contributed by atoms with Gasteiger partial charge >= 0.3 is 0 Å². The molecule has 1 aliphatic carbocycles. The normalized spacial score (nSPS) is 18.1. The molecule has 7 heteroatoms. The number of guanidine groups is 1. The Morgan fingerprint density at radius 1 is 1.31 bits per heavy atom. The summed E-state index contributed by atoms with van der Waals surface area (Å²) in [5.74, 6) is 2.10. The zero-order chi connectivity index (χ0) is 17.3. The Balaban J connectivity index is 0.00000196. The highest BCUT2D eigenvalue weighted by Crippen LogP contribution is 2.50. The van der Waals surface area contributed by atoms with Crippen LogP contribution < -0.4 is 10.2 Å². The van der Waals surface area contributed by atoms with E-state index in [0.29, 0.717) is 18.3 Å². The number of hydrogen-bond acceptors (Lipinski definition) is 4. The number of aliphatic imine (C=N–C) groups is 1. The maximum Gasteiger partial charge on any atom is 0.223 e. The van der Waals surface area contributed by atoms with Crippen LogP contribution in [0.3, 0.4) is 0 Å². The third kappa shape index (κ3) is 3.45. The standard InChI is InChI=1S/C19H25N5O.HI/c1-3-20-18(21-12-17-22-14(2)25-23-17)24-13-19(10-6-7-11-19)15-8-4-5-9-16(15)24;/h4-5,8-9H,3,6-7,10-13H2,1-2H3,(H,20,21);1H. The molecular weight excluding hydrogens is 441 g/mol. The van der Waals surface area contributed by atoms with Gasteiger partial charge < -0.3 is 14.7 Å². The number of nitrogens with one attached hydrogen (secondary N) is 1. The number of hydrogen-bond donors (Lipinski definition) is 1. The van der Waals surface area contributed by atoms with Crippen LogP contribution in [0.15, 0.2) is 33.8 Å². The number of fused-ring (bicyclic) bond motifs is 2. The van der Waals surface area contributed by atoms with Crippen LogP contribution in [0.4, 0.5) is 5.69 Å². The lowest BCUT2D eigenvalue weighted by Crippen LogP contribution is -2.43. The monoisotopic (exact) mass is 467 g/mol. The second-order valence-electron chi connectivity index (χ2n) is 6.99. The van der Waals surface area contributed by atoms with E-state index < -0.39 is 0 Å². The molecule has 0 bridgehead atoms.